The summed E-state index contributed by atoms with van der Waals surface area (Å²) in [5, 5.41) is 1.08. The van der Waals surface area contributed by atoms with Gasteiger partial charge in [0.1, 0.15) is 16.7 Å². The highest BCUT2D eigenvalue weighted by atomic mass is 79.9. The van der Waals surface area contributed by atoms with Gasteiger partial charge < -0.3 is 9.30 Å². The summed E-state index contributed by atoms with van der Waals surface area (Å²) in [4.78, 5) is 15.6. The molecule has 0 unspecified atom stereocenters. The standard InChI is InChI=1S/C29H25BrN2O2S2/c1-20-7-5-6-10-26(20)34-16-15-31-19-22(24-18-23(30)11-12-25(24)31)17-27-28(33)32(29(35)36-27)14-13-21-8-3-2-4-9-21/h2-12,17-19H,13-16H2,1H3/b27-17-. The van der Waals surface area contributed by atoms with Crippen LogP contribution < -0.4 is 4.74 Å². The van der Waals surface area contributed by atoms with E-state index < -0.39 is 0 Å². The summed E-state index contributed by atoms with van der Waals surface area (Å²) in [6.07, 6.45) is 4.83. The van der Waals surface area contributed by atoms with Crippen molar-refractivity contribution in [1.82, 2.24) is 9.47 Å². The van der Waals surface area contributed by atoms with Crippen molar-refractivity contribution in [3.05, 3.63) is 105 Å². The first-order valence-corrected chi connectivity index (χ1v) is 13.8. The molecular formula is C29H25BrN2O2S2. The lowest BCUT2D eigenvalue weighted by atomic mass is 10.1. The molecule has 1 saturated heterocycles. The van der Waals surface area contributed by atoms with Gasteiger partial charge in [0.05, 0.1) is 11.4 Å². The van der Waals surface area contributed by atoms with Crippen molar-refractivity contribution in [3.63, 3.8) is 0 Å². The number of hydrogen-bond acceptors (Lipinski definition) is 4. The number of aromatic nitrogens is 1. The van der Waals surface area contributed by atoms with Crippen LogP contribution in [-0.4, -0.2) is 32.8 Å². The Hall–Kier alpha value is -2.87. The Morgan fingerprint density at radius 3 is 2.61 bits per heavy atom. The Bertz CT molecular complexity index is 1460. The molecule has 7 heteroatoms. The van der Waals surface area contributed by atoms with E-state index >= 15 is 0 Å². The maximum Gasteiger partial charge on any atom is 0.266 e. The molecule has 2 heterocycles. The third-order valence-corrected chi connectivity index (χ3v) is 8.06. The van der Waals surface area contributed by atoms with Crippen molar-refractivity contribution < 1.29 is 9.53 Å². The van der Waals surface area contributed by atoms with E-state index in [4.69, 9.17) is 17.0 Å². The summed E-state index contributed by atoms with van der Waals surface area (Å²) in [5.41, 5.74) is 4.40. The molecule has 1 amide bonds. The SMILES string of the molecule is Cc1ccccc1OCCn1cc(/C=C2\SC(=S)N(CCc3ccccc3)C2=O)c2cc(Br)ccc21. The first-order valence-electron chi connectivity index (χ1n) is 11.8. The molecule has 0 N–H and O–H groups in total. The second kappa shape index (κ2) is 11.0. The number of carbonyl (C=O) groups is 1. The largest absolute Gasteiger partial charge is 0.491 e. The smallest absolute Gasteiger partial charge is 0.266 e. The number of thiocarbonyl (C=S) groups is 1. The van der Waals surface area contributed by atoms with Gasteiger partial charge in [0.25, 0.3) is 5.91 Å². The van der Waals surface area contributed by atoms with E-state index in [1.165, 1.54) is 17.3 Å². The van der Waals surface area contributed by atoms with Gasteiger partial charge in [0, 0.05) is 33.7 Å². The molecule has 1 aliphatic heterocycles. The van der Waals surface area contributed by atoms with Gasteiger partial charge in [0.2, 0.25) is 0 Å². The average Bonchev–Trinajstić information content (AvgIpc) is 3.35. The molecule has 0 bridgehead atoms. The number of carbonyl (C=O) groups excluding carboxylic acids is 1. The number of nitrogens with zero attached hydrogens (tertiary/aromatic N) is 2. The van der Waals surface area contributed by atoms with Gasteiger partial charge in [-0.3, -0.25) is 9.69 Å². The third kappa shape index (κ3) is 5.43. The number of halogens is 1. The molecule has 0 aliphatic carbocycles. The van der Waals surface area contributed by atoms with Gasteiger partial charge in [-0.15, -0.1) is 0 Å². The number of para-hydroxylation sites is 1. The predicted octanol–water partition coefficient (Wildman–Crippen LogP) is 7.24. The van der Waals surface area contributed by atoms with Crippen LogP contribution in [0.3, 0.4) is 0 Å². The summed E-state index contributed by atoms with van der Waals surface area (Å²) in [7, 11) is 0. The maximum atomic E-state index is 13.2. The van der Waals surface area contributed by atoms with Crippen molar-refractivity contribution in [2.45, 2.75) is 19.9 Å². The number of thioether (sulfide) groups is 1. The fourth-order valence-electron chi connectivity index (χ4n) is 4.29. The second-order valence-corrected chi connectivity index (χ2v) is 11.2. The maximum absolute atomic E-state index is 13.2. The minimum absolute atomic E-state index is 0.0280. The molecule has 0 saturated carbocycles. The van der Waals surface area contributed by atoms with Crippen LogP contribution >= 0.6 is 39.9 Å². The summed E-state index contributed by atoms with van der Waals surface area (Å²) >= 11 is 10.5. The van der Waals surface area contributed by atoms with E-state index in [9.17, 15) is 4.79 Å². The Balaban J connectivity index is 1.36. The van der Waals surface area contributed by atoms with Crippen molar-refractivity contribution >= 4 is 67.1 Å². The number of fused-ring (bicyclic) bond motifs is 1. The van der Waals surface area contributed by atoms with Gasteiger partial charge in [-0.25, -0.2) is 0 Å². The topological polar surface area (TPSA) is 34.5 Å². The Kier molecular flexibility index (Phi) is 7.60. The molecule has 3 aromatic carbocycles. The lowest BCUT2D eigenvalue weighted by Gasteiger charge is -2.14. The highest BCUT2D eigenvalue weighted by Crippen LogP contribution is 2.35. The number of aryl methyl sites for hydroxylation is 1. The second-order valence-electron chi connectivity index (χ2n) is 8.62. The van der Waals surface area contributed by atoms with Crippen LogP contribution in [0.25, 0.3) is 17.0 Å². The van der Waals surface area contributed by atoms with Crippen LogP contribution in [-0.2, 0) is 17.8 Å². The summed E-state index contributed by atoms with van der Waals surface area (Å²) in [6, 6.07) is 24.4. The molecule has 4 aromatic rings. The Morgan fingerprint density at radius 2 is 1.81 bits per heavy atom. The van der Waals surface area contributed by atoms with Crippen molar-refractivity contribution in [3.8, 4) is 5.75 Å². The van der Waals surface area contributed by atoms with E-state index in [2.05, 4.69) is 51.0 Å². The van der Waals surface area contributed by atoms with Gasteiger partial charge in [0.15, 0.2) is 0 Å². The molecule has 1 aliphatic rings. The fraction of sp³-hybridized carbons (Fsp3) is 0.172. The Morgan fingerprint density at radius 1 is 1.03 bits per heavy atom. The van der Waals surface area contributed by atoms with E-state index in [0.29, 0.717) is 28.9 Å². The van der Waals surface area contributed by atoms with Gasteiger partial charge >= 0.3 is 0 Å². The molecule has 0 spiro atoms. The highest BCUT2D eigenvalue weighted by Gasteiger charge is 2.31. The lowest BCUT2D eigenvalue weighted by molar-refractivity contribution is -0.122. The van der Waals surface area contributed by atoms with Crippen LogP contribution in [0.5, 0.6) is 5.75 Å². The van der Waals surface area contributed by atoms with Crippen LogP contribution in [0.4, 0.5) is 0 Å². The quantitative estimate of drug-likeness (QED) is 0.163. The van der Waals surface area contributed by atoms with Crippen LogP contribution in [0.15, 0.2) is 88.4 Å². The molecule has 0 radical (unpaired) electrons. The average molecular weight is 578 g/mol. The summed E-state index contributed by atoms with van der Waals surface area (Å²) in [5.74, 6) is 0.871. The van der Waals surface area contributed by atoms with E-state index in [0.717, 1.165) is 38.7 Å². The zero-order valence-corrected chi connectivity index (χ0v) is 23.0. The third-order valence-electron chi connectivity index (χ3n) is 6.18. The normalized spacial score (nSPS) is 14.8. The molecule has 182 valence electrons. The summed E-state index contributed by atoms with van der Waals surface area (Å²) < 4.78 is 9.82. The van der Waals surface area contributed by atoms with Gasteiger partial charge in [-0.2, -0.15) is 0 Å². The number of amides is 1. The zero-order chi connectivity index (χ0) is 25.1. The fourth-order valence-corrected chi connectivity index (χ4v) is 5.95. The minimum atomic E-state index is -0.0280. The molecule has 5 rings (SSSR count). The Labute approximate surface area is 229 Å². The predicted molar refractivity (Wildman–Crippen MR) is 156 cm³/mol. The molecule has 0 atom stereocenters. The minimum Gasteiger partial charge on any atom is -0.491 e. The van der Waals surface area contributed by atoms with E-state index in [1.54, 1.807) is 4.90 Å². The van der Waals surface area contributed by atoms with E-state index in [-0.39, 0.29) is 5.91 Å². The first kappa shape index (κ1) is 24.8. The monoisotopic (exact) mass is 576 g/mol. The first-order chi connectivity index (χ1) is 17.5. The van der Waals surface area contributed by atoms with Crippen LogP contribution in [0.2, 0.25) is 0 Å². The van der Waals surface area contributed by atoms with Crippen molar-refractivity contribution in [1.29, 1.82) is 0 Å². The number of ether oxygens (including phenoxy) is 1. The van der Waals surface area contributed by atoms with Crippen LogP contribution in [0.1, 0.15) is 16.7 Å². The molecule has 36 heavy (non-hydrogen) atoms. The molecule has 1 fully saturated rings. The zero-order valence-electron chi connectivity index (χ0n) is 19.8. The van der Waals surface area contributed by atoms with Gasteiger partial charge in [-0.05, 0) is 54.8 Å². The van der Waals surface area contributed by atoms with Crippen LogP contribution in [0, 0.1) is 6.92 Å². The van der Waals surface area contributed by atoms with Gasteiger partial charge in [-0.1, -0.05) is 88.4 Å². The number of rotatable bonds is 8. The lowest BCUT2D eigenvalue weighted by Crippen LogP contribution is -2.30. The van der Waals surface area contributed by atoms with Crippen molar-refractivity contribution in [2.24, 2.45) is 0 Å². The molecular weight excluding hydrogens is 552 g/mol. The molecule has 4 nitrogen and oxygen atoms in total. The molecule has 1 aromatic heterocycles. The summed E-state index contributed by atoms with van der Waals surface area (Å²) in [6.45, 7) is 3.87. The van der Waals surface area contributed by atoms with Crippen molar-refractivity contribution in [2.75, 3.05) is 13.2 Å². The number of benzene rings is 3. The highest BCUT2D eigenvalue weighted by molar-refractivity contribution is 9.10. The number of hydrogen-bond donors (Lipinski definition) is 0. The van der Waals surface area contributed by atoms with E-state index in [1.807, 2.05) is 61.5 Å².